The molecule has 0 amide bonds. The van der Waals surface area contributed by atoms with Gasteiger partial charge in [0.2, 0.25) is 0 Å². The smallest absolute Gasteiger partial charge is 0.185 e. The molecule has 3 nitrogen and oxygen atoms in total. The standard InChI is InChI=1S/C19H20O3/c1-14(2)22-17-11-8-15(9-12-17)18(20)13-10-16-6-4-5-7-19(16)21-3/h4-14H,1-3H3/b13-10+. The lowest BCUT2D eigenvalue weighted by molar-refractivity contribution is 0.104. The summed E-state index contributed by atoms with van der Waals surface area (Å²) >= 11 is 0. The van der Waals surface area contributed by atoms with Crippen LogP contribution in [0.2, 0.25) is 0 Å². The van der Waals surface area contributed by atoms with E-state index in [4.69, 9.17) is 9.47 Å². The first-order valence-electron chi connectivity index (χ1n) is 7.22. The monoisotopic (exact) mass is 296 g/mol. The first-order chi connectivity index (χ1) is 10.6. The fourth-order valence-electron chi connectivity index (χ4n) is 2.04. The number of methoxy groups -OCH3 is 1. The predicted octanol–water partition coefficient (Wildman–Crippen LogP) is 4.38. The highest BCUT2D eigenvalue weighted by molar-refractivity contribution is 6.07. The van der Waals surface area contributed by atoms with E-state index in [1.54, 1.807) is 31.4 Å². The van der Waals surface area contributed by atoms with Crippen LogP contribution in [0.15, 0.2) is 54.6 Å². The Labute approximate surface area is 131 Å². The van der Waals surface area contributed by atoms with Crippen molar-refractivity contribution in [1.29, 1.82) is 0 Å². The van der Waals surface area contributed by atoms with Gasteiger partial charge in [0, 0.05) is 11.1 Å². The van der Waals surface area contributed by atoms with Crippen LogP contribution in [0, 0.1) is 0 Å². The number of hydrogen-bond donors (Lipinski definition) is 0. The zero-order valence-electron chi connectivity index (χ0n) is 13.1. The lowest BCUT2D eigenvalue weighted by atomic mass is 10.1. The molecule has 3 heteroatoms. The first-order valence-corrected chi connectivity index (χ1v) is 7.22. The fraction of sp³-hybridized carbons (Fsp3) is 0.211. The summed E-state index contributed by atoms with van der Waals surface area (Å²) < 4.78 is 10.8. The van der Waals surface area contributed by atoms with Gasteiger partial charge < -0.3 is 9.47 Å². The first kappa shape index (κ1) is 15.8. The van der Waals surface area contributed by atoms with Crippen LogP contribution in [0.25, 0.3) is 6.08 Å². The zero-order chi connectivity index (χ0) is 15.9. The molecule has 0 fully saturated rings. The molecule has 0 saturated carbocycles. The van der Waals surface area contributed by atoms with Crippen molar-refractivity contribution in [2.24, 2.45) is 0 Å². The van der Waals surface area contributed by atoms with Gasteiger partial charge in [-0.25, -0.2) is 0 Å². The van der Waals surface area contributed by atoms with Gasteiger partial charge in [-0.2, -0.15) is 0 Å². The molecule has 114 valence electrons. The van der Waals surface area contributed by atoms with Crippen molar-refractivity contribution in [2.45, 2.75) is 20.0 Å². The lowest BCUT2D eigenvalue weighted by Gasteiger charge is -2.09. The summed E-state index contributed by atoms with van der Waals surface area (Å²) in [4.78, 5) is 12.2. The molecule has 0 aliphatic heterocycles. The number of carbonyl (C=O) groups excluding carboxylic acids is 1. The lowest BCUT2D eigenvalue weighted by Crippen LogP contribution is -2.05. The largest absolute Gasteiger partial charge is 0.496 e. The number of ketones is 1. The van der Waals surface area contributed by atoms with Gasteiger partial charge in [-0.15, -0.1) is 0 Å². The van der Waals surface area contributed by atoms with Gasteiger partial charge in [-0.1, -0.05) is 18.2 Å². The molecule has 2 aromatic rings. The summed E-state index contributed by atoms with van der Waals surface area (Å²) in [5, 5.41) is 0. The van der Waals surface area contributed by atoms with Crippen molar-refractivity contribution in [3.63, 3.8) is 0 Å². The topological polar surface area (TPSA) is 35.5 Å². The van der Waals surface area contributed by atoms with Crippen molar-refractivity contribution in [2.75, 3.05) is 7.11 Å². The second-order valence-electron chi connectivity index (χ2n) is 5.13. The normalized spacial score (nSPS) is 10.9. The van der Waals surface area contributed by atoms with Crippen LogP contribution in [0.4, 0.5) is 0 Å². The molecule has 22 heavy (non-hydrogen) atoms. The maximum atomic E-state index is 12.2. The number of allylic oxidation sites excluding steroid dienone is 1. The second kappa shape index (κ2) is 7.46. The maximum Gasteiger partial charge on any atom is 0.185 e. The molecule has 0 aliphatic rings. The van der Waals surface area contributed by atoms with Crippen molar-refractivity contribution < 1.29 is 14.3 Å². The number of para-hydroxylation sites is 1. The van der Waals surface area contributed by atoms with Gasteiger partial charge in [-0.3, -0.25) is 4.79 Å². The summed E-state index contributed by atoms with van der Waals surface area (Å²) in [6.07, 6.45) is 3.43. The number of carbonyl (C=O) groups is 1. The predicted molar refractivity (Wildman–Crippen MR) is 88.6 cm³/mol. The van der Waals surface area contributed by atoms with Crippen molar-refractivity contribution in [1.82, 2.24) is 0 Å². The Morgan fingerprint density at radius 3 is 2.36 bits per heavy atom. The Balaban J connectivity index is 2.10. The van der Waals surface area contributed by atoms with Crippen LogP contribution in [0.5, 0.6) is 11.5 Å². The third-order valence-corrected chi connectivity index (χ3v) is 3.06. The molecular formula is C19H20O3. The van der Waals surface area contributed by atoms with E-state index >= 15 is 0 Å². The summed E-state index contributed by atoms with van der Waals surface area (Å²) in [6.45, 7) is 3.93. The maximum absolute atomic E-state index is 12.2. The van der Waals surface area contributed by atoms with Crippen molar-refractivity contribution in [3.05, 3.63) is 65.7 Å². The van der Waals surface area contributed by atoms with Gasteiger partial charge in [0.15, 0.2) is 5.78 Å². The molecule has 2 rings (SSSR count). The van der Waals surface area contributed by atoms with Gasteiger partial charge in [0.1, 0.15) is 11.5 Å². The minimum atomic E-state index is -0.0537. The summed E-state index contributed by atoms with van der Waals surface area (Å²) in [7, 11) is 1.61. The third-order valence-electron chi connectivity index (χ3n) is 3.06. The van der Waals surface area contributed by atoms with E-state index in [1.165, 1.54) is 0 Å². The molecule has 0 heterocycles. The molecule has 0 aromatic heterocycles. The summed E-state index contributed by atoms with van der Waals surface area (Å²) in [6, 6.07) is 14.7. The fourth-order valence-corrected chi connectivity index (χ4v) is 2.04. The minimum absolute atomic E-state index is 0.0537. The number of hydrogen-bond acceptors (Lipinski definition) is 3. The summed E-state index contributed by atoms with van der Waals surface area (Å²) in [5.74, 6) is 1.45. The van der Waals surface area contributed by atoms with Gasteiger partial charge in [0.05, 0.1) is 13.2 Å². The molecule has 0 aliphatic carbocycles. The average Bonchev–Trinajstić information content (AvgIpc) is 2.53. The van der Waals surface area contributed by atoms with Crippen LogP contribution in [-0.2, 0) is 0 Å². The van der Waals surface area contributed by atoms with E-state index in [2.05, 4.69) is 0 Å². The minimum Gasteiger partial charge on any atom is -0.496 e. The van der Waals surface area contributed by atoms with Gasteiger partial charge in [0.25, 0.3) is 0 Å². The number of benzene rings is 2. The number of rotatable bonds is 6. The third kappa shape index (κ3) is 4.22. The molecule has 0 atom stereocenters. The molecule has 0 unspecified atom stereocenters. The van der Waals surface area contributed by atoms with Crippen LogP contribution in [-0.4, -0.2) is 19.0 Å². The molecule has 0 bridgehead atoms. The van der Waals surface area contributed by atoms with Crippen molar-refractivity contribution >= 4 is 11.9 Å². The highest BCUT2D eigenvalue weighted by Gasteiger charge is 2.04. The Morgan fingerprint density at radius 2 is 1.73 bits per heavy atom. The Bertz CT molecular complexity index is 655. The van der Waals surface area contributed by atoms with E-state index in [0.29, 0.717) is 5.56 Å². The van der Waals surface area contributed by atoms with Crippen LogP contribution in [0.3, 0.4) is 0 Å². The Morgan fingerprint density at radius 1 is 1.05 bits per heavy atom. The molecule has 0 saturated heterocycles. The number of ether oxygens (including phenoxy) is 2. The van der Waals surface area contributed by atoms with Crippen LogP contribution < -0.4 is 9.47 Å². The van der Waals surface area contributed by atoms with E-state index in [-0.39, 0.29) is 11.9 Å². The van der Waals surface area contributed by atoms with Crippen LogP contribution in [0.1, 0.15) is 29.8 Å². The average molecular weight is 296 g/mol. The SMILES string of the molecule is COc1ccccc1/C=C/C(=O)c1ccc(OC(C)C)cc1. The molecular weight excluding hydrogens is 276 g/mol. The molecule has 0 radical (unpaired) electrons. The Hall–Kier alpha value is -2.55. The summed E-state index contributed by atoms with van der Waals surface area (Å²) in [5.41, 5.74) is 1.50. The highest BCUT2D eigenvalue weighted by Crippen LogP contribution is 2.19. The Kier molecular flexibility index (Phi) is 5.37. The quantitative estimate of drug-likeness (QED) is 0.586. The molecule has 2 aromatic carbocycles. The molecule has 0 spiro atoms. The second-order valence-corrected chi connectivity index (χ2v) is 5.13. The van der Waals surface area contributed by atoms with E-state index < -0.39 is 0 Å². The van der Waals surface area contributed by atoms with E-state index in [1.807, 2.05) is 50.2 Å². The zero-order valence-corrected chi connectivity index (χ0v) is 13.1. The van der Waals surface area contributed by atoms with Crippen molar-refractivity contribution in [3.8, 4) is 11.5 Å². The van der Waals surface area contributed by atoms with Crippen LogP contribution >= 0.6 is 0 Å². The highest BCUT2D eigenvalue weighted by atomic mass is 16.5. The van der Waals surface area contributed by atoms with Gasteiger partial charge in [-0.05, 0) is 56.3 Å². The van der Waals surface area contributed by atoms with E-state index in [0.717, 1.165) is 17.1 Å². The molecule has 0 N–H and O–H groups in total. The van der Waals surface area contributed by atoms with Gasteiger partial charge >= 0.3 is 0 Å². The van der Waals surface area contributed by atoms with E-state index in [9.17, 15) is 4.79 Å².